The van der Waals surface area contributed by atoms with Crippen LogP contribution in [0.3, 0.4) is 0 Å². The zero-order valence-electron chi connectivity index (χ0n) is 15.2. The molecule has 6 nitrogen and oxygen atoms in total. The molecule has 0 spiro atoms. The SMILES string of the molecule is O=C(c1ccccc1)c1ccc(O)c(O)c1S(=O)(=O)CC=Cc1ccc(O)cc1. The molecule has 0 aliphatic heterocycles. The summed E-state index contributed by atoms with van der Waals surface area (Å²) in [7, 11) is -4.14. The van der Waals surface area contributed by atoms with E-state index in [1.807, 2.05) is 0 Å². The summed E-state index contributed by atoms with van der Waals surface area (Å²) < 4.78 is 25.8. The summed E-state index contributed by atoms with van der Waals surface area (Å²) in [6.07, 6.45) is 2.90. The molecule has 3 N–H and O–H groups in total. The van der Waals surface area contributed by atoms with Crippen LogP contribution in [0.25, 0.3) is 6.08 Å². The number of hydrogen-bond acceptors (Lipinski definition) is 6. The lowest BCUT2D eigenvalue weighted by molar-refractivity contribution is 0.103. The average Bonchev–Trinajstić information content (AvgIpc) is 2.71. The molecule has 3 rings (SSSR count). The van der Waals surface area contributed by atoms with E-state index in [0.29, 0.717) is 5.56 Å². The molecule has 0 heterocycles. The summed E-state index contributed by atoms with van der Waals surface area (Å²) in [5, 5.41) is 29.3. The Morgan fingerprint density at radius 3 is 2.17 bits per heavy atom. The largest absolute Gasteiger partial charge is 0.508 e. The molecular formula is C22H18O6S. The molecule has 0 atom stereocenters. The minimum absolute atomic E-state index is 0.0866. The number of phenols is 3. The predicted molar refractivity (Wildman–Crippen MR) is 109 cm³/mol. The van der Waals surface area contributed by atoms with E-state index in [4.69, 9.17) is 0 Å². The van der Waals surface area contributed by atoms with Gasteiger partial charge in [0, 0.05) is 11.1 Å². The van der Waals surface area contributed by atoms with Gasteiger partial charge in [0.05, 0.1) is 5.75 Å². The molecule has 0 aromatic heterocycles. The second kappa shape index (κ2) is 8.20. The molecule has 0 bridgehead atoms. The molecule has 7 heteroatoms. The van der Waals surface area contributed by atoms with Gasteiger partial charge in [-0.1, -0.05) is 54.6 Å². The number of hydrogen-bond donors (Lipinski definition) is 3. The first-order chi connectivity index (χ1) is 13.8. The second-order valence-corrected chi connectivity index (χ2v) is 8.25. The molecule has 0 amide bonds. The van der Waals surface area contributed by atoms with Crippen LogP contribution >= 0.6 is 0 Å². The van der Waals surface area contributed by atoms with Gasteiger partial charge in [-0.3, -0.25) is 4.79 Å². The van der Waals surface area contributed by atoms with Crippen molar-refractivity contribution in [1.29, 1.82) is 0 Å². The van der Waals surface area contributed by atoms with Crippen molar-refractivity contribution in [2.75, 3.05) is 5.75 Å². The fraction of sp³-hybridized carbons (Fsp3) is 0.0455. The summed E-state index contributed by atoms with van der Waals surface area (Å²) in [5.74, 6) is -2.48. The first kappa shape index (κ1) is 20.2. The van der Waals surface area contributed by atoms with Crippen LogP contribution in [0.15, 0.2) is 77.7 Å². The Bertz CT molecular complexity index is 1160. The summed E-state index contributed by atoms with van der Waals surface area (Å²) in [6.45, 7) is 0. The first-order valence-corrected chi connectivity index (χ1v) is 10.3. The maximum Gasteiger partial charge on any atom is 0.194 e. The number of carbonyl (C=O) groups is 1. The van der Waals surface area contributed by atoms with E-state index < -0.39 is 37.8 Å². The topological polar surface area (TPSA) is 112 Å². The van der Waals surface area contributed by atoms with Gasteiger partial charge in [0.2, 0.25) is 0 Å². The Morgan fingerprint density at radius 2 is 1.52 bits per heavy atom. The smallest absolute Gasteiger partial charge is 0.194 e. The van der Waals surface area contributed by atoms with Crippen LogP contribution in [0, 0.1) is 0 Å². The van der Waals surface area contributed by atoms with Gasteiger partial charge in [0.25, 0.3) is 0 Å². The number of benzene rings is 3. The molecule has 29 heavy (non-hydrogen) atoms. The maximum atomic E-state index is 12.9. The minimum Gasteiger partial charge on any atom is -0.508 e. The number of phenolic OH excluding ortho intramolecular Hbond substituents is 3. The van der Waals surface area contributed by atoms with Crippen molar-refractivity contribution in [2.24, 2.45) is 0 Å². The van der Waals surface area contributed by atoms with Crippen molar-refractivity contribution < 1.29 is 28.5 Å². The van der Waals surface area contributed by atoms with Gasteiger partial charge >= 0.3 is 0 Å². The van der Waals surface area contributed by atoms with Crippen molar-refractivity contribution in [3.63, 3.8) is 0 Å². The highest BCUT2D eigenvalue weighted by atomic mass is 32.2. The number of sulfone groups is 1. The Morgan fingerprint density at radius 1 is 0.862 bits per heavy atom. The van der Waals surface area contributed by atoms with E-state index in [1.54, 1.807) is 30.3 Å². The molecule has 3 aromatic rings. The van der Waals surface area contributed by atoms with Gasteiger partial charge in [-0.05, 0) is 29.8 Å². The van der Waals surface area contributed by atoms with Crippen LogP contribution < -0.4 is 0 Å². The lowest BCUT2D eigenvalue weighted by Crippen LogP contribution is -2.13. The fourth-order valence-corrected chi connectivity index (χ4v) is 4.19. The zero-order valence-corrected chi connectivity index (χ0v) is 16.0. The van der Waals surface area contributed by atoms with E-state index in [2.05, 4.69) is 0 Å². The maximum absolute atomic E-state index is 12.9. The van der Waals surface area contributed by atoms with Crippen molar-refractivity contribution in [1.82, 2.24) is 0 Å². The Kier molecular flexibility index (Phi) is 5.70. The van der Waals surface area contributed by atoms with Crippen LogP contribution in [0.5, 0.6) is 17.2 Å². The Hall–Kier alpha value is -3.58. The van der Waals surface area contributed by atoms with E-state index in [9.17, 15) is 28.5 Å². The highest BCUT2D eigenvalue weighted by Gasteiger charge is 2.28. The molecule has 148 valence electrons. The van der Waals surface area contributed by atoms with Gasteiger partial charge < -0.3 is 15.3 Å². The van der Waals surface area contributed by atoms with Crippen LogP contribution in [0.1, 0.15) is 21.5 Å². The van der Waals surface area contributed by atoms with Crippen molar-refractivity contribution in [2.45, 2.75) is 4.90 Å². The highest BCUT2D eigenvalue weighted by Crippen LogP contribution is 2.36. The molecule has 0 aliphatic rings. The summed E-state index contributed by atoms with van der Waals surface area (Å²) in [6, 6.07) is 16.5. The Labute approximate surface area is 167 Å². The average molecular weight is 410 g/mol. The third kappa shape index (κ3) is 4.47. The summed E-state index contributed by atoms with van der Waals surface area (Å²) >= 11 is 0. The molecule has 0 unspecified atom stereocenters. The molecule has 0 radical (unpaired) electrons. The quantitative estimate of drug-likeness (QED) is 0.423. The molecular weight excluding hydrogens is 392 g/mol. The molecule has 0 saturated carbocycles. The monoisotopic (exact) mass is 410 g/mol. The summed E-state index contributed by atoms with van der Waals surface area (Å²) in [5.41, 5.74) is 0.705. The molecule has 0 fully saturated rings. The van der Waals surface area contributed by atoms with Gasteiger partial charge in [0.1, 0.15) is 10.6 Å². The zero-order chi connectivity index (χ0) is 21.0. The van der Waals surface area contributed by atoms with Crippen LogP contribution in [-0.4, -0.2) is 35.3 Å². The minimum atomic E-state index is -4.14. The molecule has 0 saturated heterocycles. The number of carbonyl (C=O) groups excluding carboxylic acids is 1. The predicted octanol–water partition coefficient (Wildman–Crippen LogP) is 3.52. The summed E-state index contributed by atoms with van der Waals surface area (Å²) in [4.78, 5) is 12.2. The van der Waals surface area contributed by atoms with Gasteiger partial charge in [-0.2, -0.15) is 0 Å². The van der Waals surface area contributed by atoms with E-state index >= 15 is 0 Å². The molecule has 3 aromatic carbocycles. The Balaban J connectivity index is 1.98. The van der Waals surface area contributed by atoms with Gasteiger partial charge in [-0.25, -0.2) is 8.42 Å². The van der Waals surface area contributed by atoms with Crippen molar-refractivity contribution >= 4 is 21.7 Å². The lowest BCUT2D eigenvalue weighted by atomic mass is 10.0. The standard InChI is InChI=1S/C22H18O6S/c23-17-10-8-15(9-11-17)5-4-14-29(27,28)22-18(12-13-19(24)21(22)26)20(25)16-6-2-1-3-7-16/h1-13,23-24,26H,14H2. The van der Waals surface area contributed by atoms with E-state index in [-0.39, 0.29) is 16.9 Å². The second-order valence-electron chi connectivity index (χ2n) is 6.28. The number of rotatable bonds is 6. The van der Waals surface area contributed by atoms with Crippen LogP contribution in [0.4, 0.5) is 0 Å². The van der Waals surface area contributed by atoms with E-state index in [1.165, 1.54) is 42.5 Å². The van der Waals surface area contributed by atoms with E-state index in [0.717, 1.165) is 6.07 Å². The third-order valence-corrected chi connectivity index (χ3v) is 5.89. The van der Waals surface area contributed by atoms with Gasteiger partial charge in [-0.15, -0.1) is 0 Å². The fourth-order valence-electron chi connectivity index (χ4n) is 2.78. The van der Waals surface area contributed by atoms with Crippen LogP contribution in [0.2, 0.25) is 0 Å². The highest BCUT2D eigenvalue weighted by molar-refractivity contribution is 7.91. The van der Waals surface area contributed by atoms with Crippen molar-refractivity contribution in [3.05, 3.63) is 89.5 Å². The number of ketones is 1. The number of aromatic hydroxyl groups is 3. The van der Waals surface area contributed by atoms with Gasteiger partial charge in [0.15, 0.2) is 27.1 Å². The molecule has 0 aliphatic carbocycles. The van der Waals surface area contributed by atoms with Crippen LogP contribution in [-0.2, 0) is 9.84 Å². The third-order valence-electron chi connectivity index (χ3n) is 4.22. The normalized spacial score (nSPS) is 11.6. The lowest BCUT2D eigenvalue weighted by Gasteiger charge is -2.12. The van der Waals surface area contributed by atoms with Crippen molar-refractivity contribution in [3.8, 4) is 17.2 Å². The first-order valence-electron chi connectivity index (χ1n) is 8.62.